The van der Waals surface area contributed by atoms with Gasteiger partial charge in [-0.05, 0) is 25.1 Å². The molecule has 3 aromatic rings. The minimum Gasteiger partial charge on any atom is -0.477 e. The van der Waals surface area contributed by atoms with Crippen LogP contribution in [0.5, 0.6) is 0 Å². The van der Waals surface area contributed by atoms with Crippen molar-refractivity contribution in [1.82, 2.24) is 9.38 Å². The smallest absolute Gasteiger partial charge is 0.341 e. The summed E-state index contributed by atoms with van der Waals surface area (Å²) in [6.45, 7) is 1.34. The van der Waals surface area contributed by atoms with E-state index in [1.54, 1.807) is 0 Å². The molecule has 5 nitrogen and oxygen atoms in total. The normalized spacial score (nSPS) is 11.0. The Morgan fingerprint density at radius 1 is 1.12 bits per heavy atom. The quantitative estimate of drug-likeness (QED) is 0.782. The first kappa shape index (κ1) is 15.7. The van der Waals surface area contributed by atoms with Crippen LogP contribution in [0.3, 0.4) is 0 Å². The van der Waals surface area contributed by atoms with Crippen LogP contribution in [0.1, 0.15) is 16.1 Å². The summed E-state index contributed by atoms with van der Waals surface area (Å²) >= 11 is 0. The summed E-state index contributed by atoms with van der Waals surface area (Å²) < 4.78 is 41.6. The second-order valence-corrected chi connectivity index (χ2v) is 5.07. The van der Waals surface area contributed by atoms with Crippen LogP contribution in [0.4, 0.5) is 13.2 Å². The minimum absolute atomic E-state index is 0.0544. The summed E-state index contributed by atoms with van der Waals surface area (Å²) in [7, 11) is 0. The predicted octanol–water partition coefficient (Wildman–Crippen LogP) is 2.79. The molecule has 0 aliphatic heterocycles. The van der Waals surface area contributed by atoms with Crippen LogP contribution < -0.4 is 5.56 Å². The summed E-state index contributed by atoms with van der Waals surface area (Å²) in [4.78, 5) is 27.3. The van der Waals surface area contributed by atoms with E-state index in [2.05, 4.69) is 4.98 Å². The highest BCUT2D eigenvalue weighted by Gasteiger charge is 2.20. The summed E-state index contributed by atoms with van der Waals surface area (Å²) in [5.41, 5.74) is -2.09. The highest BCUT2D eigenvalue weighted by Crippen LogP contribution is 2.27. The highest BCUT2D eigenvalue weighted by atomic mass is 19.1. The first-order valence-corrected chi connectivity index (χ1v) is 6.71. The number of hydrogen-bond acceptors (Lipinski definition) is 3. The van der Waals surface area contributed by atoms with Crippen molar-refractivity contribution in [2.24, 2.45) is 0 Å². The molecule has 8 heteroatoms. The van der Waals surface area contributed by atoms with Crippen LogP contribution in [-0.2, 0) is 0 Å². The lowest BCUT2D eigenvalue weighted by atomic mass is 10.0. The summed E-state index contributed by atoms with van der Waals surface area (Å²) in [5.74, 6) is -4.16. The number of rotatable bonds is 2. The molecule has 0 aliphatic rings. The average Bonchev–Trinajstić information content (AvgIpc) is 2.50. The molecule has 0 radical (unpaired) electrons. The van der Waals surface area contributed by atoms with Gasteiger partial charge in [0.2, 0.25) is 0 Å². The van der Waals surface area contributed by atoms with Gasteiger partial charge in [-0.1, -0.05) is 0 Å². The number of carboxylic acids is 1. The van der Waals surface area contributed by atoms with Gasteiger partial charge in [-0.15, -0.1) is 0 Å². The number of aromatic nitrogens is 2. The Bertz CT molecular complexity index is 1060. The fourth-order valence-electron chi connectivity index (χ4n) is 2.34. The van der Waals surface area contributed by atoms with Crippen LogP contribution in [0, 0.1) is 24.4 Å². The fraction of sp³-hybridized carbons (Fsp3) is 0.0625. The fourth-order valence-corrected chi connectivity index (χ4v) is 2.34. The zero-order valence-corrected chi connectivity index (χ0v) is 12.2. The van der Waals surface area contributed by atoms with Crippen LogP contribution >= 0.6 is 0 Å². The summed E-state index contributed by atoms with van der Waals surface area (Å²) in [6.07, 6.45) is 0.789. The first-order chi connectivity index (χ1) is 11.3. The van der Waals surface area contributed by atoms with Crippen molar-refractivity contribution in [2.45, 2.75) is 6.92 Å². The van der Waals surface area contributed by atoms with E-state index in [0.29, 0.717) is 10.5 Å². The van der Waals surface area contributed by atoms with Crippen molar-refractivity contribution >= 4 is 11.6 Å². The molecular formula is C16H9F3N2O3. The molecule has 0 saturated carbocycles. The van der Waals surface area contributed by atoms with Gasteiger partial charge in [0.25, 0.3) is 5.56 Å². The number of aryl methyl sites for hydroxylation is 1. The second kappa shape index (κ2) is 5.48. The van der Waals surface area contributed by atoms with Crippen molar-refractivity contribution in [2.75, 3.05) is 0 Å². The van der Waals surface area contributed by atoms with Crippen LogP contribution in [-0.4, -0.2) is 20.5 Å². The van der Waals surface area contributed by atoms with E-state index in [1.165, 1.54) is 6.92 Å². The number of aromatic carboxylic acids is 1. The third-order valence-corrected chi connectivity index (χ3v) is 3.52. The number of benzene rings is 1. The Hall–Kier alpha value is -3.16. The number of carbonyl (C=O) groups is 1. The Kier molecular flexibility index (Phi) is 3.59. The van der Waals surface area contributed by atoms with Crippen molar-refractivity contribution in [3.05, 3.63) is 69.5 Å². The lowest BCUT2D eigenvalue weighted by Crippen LogP contribution is -2.23. The van der Waals surface area contributed by atoms with Crippen molar-refractivity contribution < 1.29 is 23.1 Å². The molecule has 1 aromatic carbocycles. The van der Waals surface area contributed by atoms with Gasteiger partial charge in [0, 0.05) is 17.2 Å². The maximum atomic E-state index is 14.1. The Morgan fingerprint density at radius 2 is 1.83 bits per heavy atom. The van der Waals surface area contributed by atoms with Crippen LogP contribution in [0.15, 0.2) is 35.3 Å². The molecule has 24 heavy (non-hydrogen) atoms. The standard InChI is InChI=1S/C16H9F3N2O3/c1-7-13(19)6-21-14(20-7)10(5-11(15(21)22)16(23)24)9-3-2-8(17)4-12(9)18/h2-6H,1H3,(H,23,24). The molecule has 0 bridgehead atoms. The predicted molar refractivity (Wildman–Crippen MR) is 78.5 cm³/mol. The zero-order chi connectivity index (χ0) is 17.6. The van der Waals surface area contributed by atoms with Gasteiger partial charge in [-0.2, -0.15) is 0 Å². The molecule has 0 aliphatic carbocycles. The average molecular weight is 334 g/mol. The number of hydrogen-bond donors (Lipinski definition) is 1. The number of pyridine rings is 1. The Morgan fingerprint density at radius 3 is 2.46 bits per heavy atom. The number of nitrogens with zero attached hydrogens (tertiary/aromatic N) is 2. The lowest BCUT2D eigenvalue weighted by molar-refractivity contribution is 0.0695. The monoisotopic (exact) mass is 334 g/mol. The Balaban J connectivity index is 2.50. The van der Waals surface area contributed by atoms with Gasteiger partial charge in [0.1, 0.15) is 22.8 Å². The SMILES string of the molecule is Cc1nc2c(-c3ccc(F)cc3F)cc(C(=O)O)c(=O)n2cc1F. The third kappa shape index (κ3) is 2.41. The van der Waals surface area contributed by atoms with Gasteiger partial charge < -0.3 is 5.11 Å². The molecule has 0 fully saturated rings. The van der Waals surface area contributed by atoms with Gasteiger partial charge in [0.15, 0.2) is 5.82 Å². The highest BCUT2D eigenvalue weighted by molar-refractivity contribution is 5.91. The molecule has 0 atom stereocenters. The maximum absolute atomic E-state index is 14.1. The minimum atomic E-state index is -1.56. The van der Waals surface area contributed by atoms with Gasteiger partial charge in [0.05, 0.1) is 11.9 Å². The summed E-state index contributed by atoms with van der Waals surface area (Å²) in [6, 6.07) is 3.64. The van der Waals surface area contributed by atoms with E-state index >= 15 is 0 Å². The zero-order valence-electron chi connectivity index (χ0n) is 12.2. The number of fused-ring (bicyclic) bond motifs is 1. The van der Waals surface area contributed by atoms with E-state index in [4.69, 9.17) is 5.11 Å². The molecular weight excluding hydrogens is 325 g/mol. The van der Waals surface area contributed by atoms with Gasteiger partial charge >= 0.3 is 5.97 Å². The molecule has 0 saturated heterocycles. The summed E-state index contributed by atoms with van der Waals surface area (Å²) in [5, 5.41) is 9.15. The van der Waals surface area contributed by atoms with E-state index < -0.39 is 34.5 Å². The van der Waals surface area contributed by atoms with Gasteiger partial charge in [-0.25, -0.2) is 22.9 Å². The first-order valence-electron chi connectivity index (χ1n) is 6.71. The molecule has 0 unspecified atom stereocenters. The largest absolute Gasteiger partial charge is 0.477 e. The molecule has 2 heterocycles. The Labute approximate surface area is 132 Å². The van der Waals surface area contributed by atoms with E-state index in [0.717, 1.165) is 24.4 Å². The van der Waals surface area contributed by atoms with E-state index in [-0.39, 0.29) is 22.5 Å². The lowest BCUT2D eigenvalue weighted by Gasteiger charge is -2.11. The number of carboxylic acid groups (broad SMARTS) is 1. The topological polar surface area (TPSA) is 71.7 Å². The van der Waals surface area contributed by atoms with E-state index in [1.807, 2.05) is 0 Å². The molecule has 122 valence electrons. The maximum Gasteiger partial charge on any atom is 0.341 e. The van der Waals surface area contributed by atoms with Crippen molar-refractivity contribution in [1.29, 1.82) is 0 Å². The number of halogens is 3. The van der Waals surface area contributed by atoms with Crippen LogP contribution in [0.25, 0.3) is 16.8 Å². The second-order valence-electron chi connectivity index (χ2n) is 5.07. The molecule has 1 N–H and O–H groups in total. The molecule has 0 spiro atoms. The third-order valence-electron chi connectivity index (χ3n) is 3.52. The van der Waals surface area contributed by atoms with E-state index in [9.17, 15) is 22.8 Å². The van der Waals surface area contributed by atoms with Crippen molar-refractivity contribution in [3.8, 4) is 11.1 Å². The molecule has 2 aromatic heterocycles. The van der Waals surface area contributed by atoms with Crippen molar-refractivity contribution in [3.63, 3.8) is 0 Å². The molecule has 0 amide bonds. The molecule has 3 rings (SSSR count). The van der Waals surface area contributed by atoms with Gasteiger partial charge in [-0.3, -0.25) is 9.20 Å². The van der Waals surface area contributed by atoms with Crippen LogP contribution in [0.2, 0.25) is 0 Å².